The van der Waals surface area contributed by atoms with Gasteiger partial charge in [-0.15, -0.1) is 5.06 Å². The highest BCUT2D eigenvalue weighted by Gasteiger charge is 2.69. The van der Waals surface area contributed by atoms with Crippen molar-refractivity contribution in [3.63, 3.8) is 0 Å². The Hall–Kier alpha value is -9.52. The number of methoxy groups -OCH3 is 1. The van der Waals surface area contributed by atoms with E-state index in [-0.39, 0.29) is 34.4 Å². The van der Waals surface area contributed by atoms with Crippen LogP contribution in [0.15, 0.2) is 152 Å². The van der Waals surface area contributed by atoms with Gasteiger partial charge in [-0.25, -0.2) is 28.8 Å². The Morgan fingerprint density at radius 1 is 0.536 bits per heavy atom. The number of aliphatic hydroxyl groups excluding tert-OH is 1. The van der Waals surface area contributed by atoms with Gasteiger partial charge in [0.2, 0.25) is 0 Å². The van der Waals surface area contributed by atoms with Gasteiger partial charge in [-0.05, 0) is 67.1 Å². The molecule has 28 nitrogen and oxygen atoms in total. The summed E-state index contributed by atoms with van der Waals surface area (Å²) >= 11 is 0. The quantitative estimate of drug-likeness (QED) is 0.0391. The highest BCUT2D eigenvalue weighted by atomic mass is 16.8. The number of aliphatic hydroxyl groups is 1. The first kappa shape index (κ1) is 71.8. The van der Waals surface area contributed by atoms with E-state index in [1.54, 1.807) is 66.7 Å². The lowest BCUT2D eigenvalue weighted by Crippen LogP contribution is -2.81. The zero-order valence-corrected chi connectivity index (χ0v) is 53.6. The zero-order chi connectivity index (χ0) is 69.3. The lowest BCUT2D eigenvalue weighted by atomic mass is 9.79. The van der Waals surface area contributed by atoms with Gasteiger partial charge in [0.25, 0.3) is 5.79 Å². The van der Waals surface area contributed by atoms with E-state index in [0.717, 1.165) is 39.9 Å². The maximum Gasteiger partial charge on any atom is 0.366 e. The average molecular weight is 1350 g/mol. The van der Waals surface area contributed by atoms with E-state index in [1.807, 2.05) is 6.92 Å². The number of fused-ring (bicyclic) bond motifs is 1. The van der Waals surface area contributed by atoms with Crippen LogP contribution in [0, 0.1) is 0 Å². The van der Waals surface area contributed by atoms with Crippen molar-refractivity contribution in [1.82, 2.24) is 5.06 Å². The predicted molar refractivity (Wildman–Crippen MR) is 327 cm³/mol. The summed E-state index contributed by atoms with van der Waals surface area (Å²) in [6.45, 7) is 3.61. The van der Waals surface area contributed by atoms with Gasteiger partial charge in [0.15, 0.2) is 43.1 Å². The number of hydroxylamine groups is 2. The van der Waals surface area contributed by atoms with Gasteiger partial charge in [-0.1, -0.05) is 104 Å². The molecule has 5 aromatic rings. The van der Waals surface area contributed by atoms with E-state index < -0.39 is 184 Å². The van der Waals surface area contributed by atoms with Crippen molar-refractivity contribution in [2.24, 2.45) is 0 Å². The molecule has 4 heterocycles. The minimum atomic E-state index is -2.75. The predicted octanol–water partition coefficient (Wildman–Crippen LogP) is 5.39. The maximum absolute atomic E-state index is 14.7. The molecule has 4 fully saturated rings. The third kappa shape index (κ3) is 17.9. The van der Waals surface area contributed by atoms with Crippen molar-refractivity contribution in [2.75, 3.05) is 33.5 Å². The first-order valence-electron chi connectivity index (χ1n) is 31.1. The molecule has 8 unspecified atom stereocenters. The van der Waals surface area contributed by atoms with E-state index in [4.69, 9.17) is 75.9 Å². The first-order chi connectivity index (χ1) is 46.7. The van der Waals surface area contributed by atoms with Crippen LogP contribution < -0.4 is 0 Å². The van der Waals surface area contributed by atoms with Crippen molar-refractivity contribution in [2.45, 2.75) is 151 Å². The molecule has 97 heavy (non-hydrogen) atoms. The summed E-state index contributed by atoms with van der Waals surface area (Å²) in [4.78, 5) is 143. The lowest BCUT2D eigenvalue weighted by Gasteiger charge is -2.60. The van der Waals surface area contributed by atoms with Crippen molar-refractivity contribution in [3.05, 3.63) is 179 Å². The molecule has 16 atom stereocenters. The Labute approximate surface area is 556 Å². The van der Waals surface area contributed by atoms with Crippen LogP contribution in [0.2, 0.25) is 0 Å². The molecule has 1 N–H and O–H groups in total. The number of carbonyl (C=O) groups excluding carboxylic acids is 10. The fourth-order valence-electron chi connectivity index (χ4n) is 11.3. The summed E-state index contributed by atoms with van der Waals surface area (Å²) in [5.74, 6) is -12.7. The molecule has 516 valence electrons. The van der Waals surface area contributed by atoms with Crippen LogP contribution in [0.3, 0.4) is 0 Å². The molecule has 0 radical (unpaired) electrons. The summed E-state index contributed by atoms with van der Waals surface area (Å²) in [6, 6.07) is 35.3. The van der Waals surface area contributed by atoms with Crippen LogP contribution in [-0.2, 0) is 99.9 Å². The SMILES string of the molecule is CCCCO[C@@H]1OC(COC(=O)c2ccccc2)[C@@H](O[C@@H]2OC(CO[C@]3(C(=O)OC)CC(OC(C)=O)[C@@H]4C(O3)[C@@H]([C@@H](COC(C)=O)OC(C)=O)N4OC(C)=O)[C@H](O)C(OC(=O)c3ccccc3)C2OC(=O)c2ccccc2)C(OC(=O)c2ccccc2)C1OC(=O)c1ccccc1. The van der Waals surface area contributed by atoms with Gasteiger partial charge in [0.1, 0.15) is 61.9 Å². The monoisotopic (exact) mass is 1350 g/mol. The van der Waals surface area contributed by atoms with Gasteiger partial charge in [-0.2, -0.15) is 0 Å². The standard InChI is InChI=1S/C69H73NO27/c1-7-8-34-83-66-60(94-65(80)47-32-22-13-23-33-47)58(92-63(78)45-28-18-11-19-29-45)55(51(90-66)37-85-61(76)43-24-14-9-15-25-43)95-67-59(93-64(79)46-30-20-12-21-31-46)57(91-62(77)44-26-16-10-17-27-44)54(75)50(89-67)38-86-69(68(81)82-6)35-48(87-40(3)72)52-56(96-69)53(70(52)97-42(5)74)49(88-41(4)73)36-84-39(2)71/h9-33,48-60,66-67,75H,7-8,34-38H2,1-6H3/t48?,49-,50?,51?,52-,53-,54+,55-,56?,57?,58?,59?,60?,66-,67+,69-/m1/s1. The van der Waals surface area contributed by atoms with Crippen molar-refractivity contribution >= 4 is 59.7 Å². The number of rotatable bonds is 27. The Kier molecular flexibility index (Phi) is 24.7. The smallest absolute Gasteiger partial charge is 0.366 e. The van der Waals surface area contributed by atoms with E-state index in [1.165, 1.54) is 84.9 Å². The molecule has 0 spiro atoms. The normalized spacial score (nSPS) is 26.9. The Bertz CT molecular complexity index is 3530. The van der Waals surface area contributed by atoms with Crippen LogP contribution in [0.4, 0.5) is 0 Å². The minimum Gasteiger partial charge on any atom is -0.465 e. The molecule has 28 heteroatoms. The lowest BCUT2D eigenvalue weighted by molar-refractivity contribution is -0.404. The molecule has 4 aliphatic rings. The molecule has 5 aromatic carbocycles. The van der Waals surface area contributed by atoms with Gasteiger partial charge >= 0.3 is 59.7 Å². The minimum absolute atomic E-state index is 0.0153. The number of hydrogen-bond acceptors (Lipinski definition) is 28. The van der Waals surface area contributed by atoms with Crippen molar-refractivity contribution in [3.8, 4) is 0 Å². The number of esters is 9. The number of benzene rings is 5. The van der Waals surface area contributed by atoms with Crippen LogP contribution in [0.5, 0.6) is 0 Å². The second-order valence-electron chi connectivity index (χ2n) is 22.7. The molecule has 0 amide bonds. The number of unbranched alkanes of at least 4 members (excludes halogenated alkanes) is 1. The third-order valence-corrected chi connectivity index (χ3v) is 15.8. The summed E-state index contributed by atoms with van der Waals surface area (Å²) < 4.78 is 92.6. The highest BCUT2D eigenvalue weighted by Crippen LogP contribution is 2.47. The van der Waals surface area contributed by atoms with Crippen LogP contribution >= 0.6 is 0 Å². The molecule has 0 saturated carbocycles. The van der Waals surface area contributed by atoms with Gasteiger partial charge in [0, 0.05) is 34.3 Å². The van der Waals surface area contributed by atoms with E-state index >= 15 is 0 Å². The maximum atomic E-state index is 14.7. The van der Waals surface area contributed by atoms with Gasteiger partial charge < -0.3 is 81.0 Å². The molecule has 9 rings (SSSR count). The first-order valence-corrected chi connectivity index (χ1v) is 31.1. The molecular weight excluding hydrogens is 1270 g/mol. The van der Waals surface area contributed by atoms with Crippen molar-refractivity contribution < 1.29 is 129 Å². The molecule has 0 aliphatic carbocycles. The fourth-order valence-corrected chi connectivity index (χ4v) is 11.3. The van der Waals surface area contributed by atoms with Crippen molar-refractivity contribution in [1.29, 1.82) is 0 Å². The molecule has 0 aromatic heterocycles. The second kappa shape index (κ2) is 33.4. The second-order valence-corrected chi connectivity index (χ2v) is 22.7. The number of hydrogen-bond donors (Lipinski definition) is 1. The third-order valence-electron chi connectivity index (χ3n) is 15.8. The zero-order valence-electron chi connectivity index (χ0n) is 53.6. The summed E-state index contributed by atoms with van der Waals surface area (Å²) in [5, 5.41) is 13.9. The molecular formula is C69H73NO27. The Morgan fingerprint density at radius 2 is 1.01 bits per heavy atom. The topological polar surface area (TPSA) is 342 Å². The molecule has 4 saturated heterocycles. The molecule has 0 bridgehead atoms. The van der Waals surface area contributed by atoms with E-state index in [2.05, 4.69) is 0 Å². The van der Waals surface area contributed by atoms with Crippen LogP contribution in [0.25, 0.3) is 0 Å². The average Bonchev–Trinajstić information content (AvgIpc) is 0.713. The largest absolute Gasteiger partial charge is 0.465 e. The number of carbonyl (C=O) groups is 10. The van der Waals surface area contributed by atoms with Crippen LogP contribution in [-0.4, -0.2) is 201 Å². The molecule has 4 aliphatic heterocycles. The summed E-state index contributed by atoms with van der Waals surface area (Å²) in [7, 11) is 0.959. The Balaban J connectivity index is 1.19. The summed E-state index contributed by atoms with van der Waals surface area (Å²) in [5.41, 5.74) is -0.0335. The summed E-state index contributed by atoms with van der Waals surface area (Å²) in [6.07, 6.45) is -23.8. The fraction of sp³-hybridized carbons (Fsp3) is 0.420. The van der Waals surface area contributed by atoms with Crippen LogP contribution in [0.1, 0.15) is 106 Å². The Morgan fingerprint density at radius 3 is 1.47 bits per heavy atom. The number of nitrogens with zero attached hydrogens (tertiary/aromatic N) is 1. The van der Waals surface area contributed by atoms with E-state index in [9.17, 15) is 53.1 Å². The van der Waals surface area contributed by atoms with Gasteiger partial charge in [-0.3, -0.25) is 19.2 Å². The van der Waals surface area contributed by atoms with Gasteiger partial charge in [0.05, 0.1) is 48.0 Å². The highest BCUT2D eigenvalue weighted by molar-refractivity contribution is 5.92. The number of ether oxygens (including phenoxy) is 15. The van der Waals surface area contributed by atoms with E-state index in [0.29, 0.717) is 12.8 Å².